The van der Waals surface area contributed by atoms with Crippen LogP contribution in [0.15, 0.2) is 30.6 Å². The Morgan fingerprint density at radius 1 is 1.27 bits per heavy atom. The standard InChI is InChI=1S/C22H34N4O4/c1-18-24-7-9-26(18)8-3-6-23-15-19-4-5-21(22(14-19)28-2)30-17-20(27)16-25-10-12-29-13-11-25/h4-5,7,9,14,20,23,27H,3,6,8,10-13,15-17H2,1-2H3/t20-/m1/s1. The van der Waals surface area contributed by atoms with Crippen LogP contribution in [0.25, 0.3) is 0 Å². The lowest BCUT2D eigenvalue weighted by atomic mass is 10.2. The van der Waals surface area contributed by atoms with E-state index in [9.17, 15) is 5.11 Å². The molecule has 0 amide bonds. The highest BCUT2D eigenvalue weighted by molar-refractivity contribution is 5.43. The van der Waals surface area contributed by atoms with Crippen LogP contribution in [0.3, 0.4) is 0 Å². The first-order valence-electron chi connectivity index (χ1n) is 10.6. The summed E-state index contributed by atoms with van der Waals surface area (Å²) in [5, 5.41) is 13.7. The first-order chi connectivity index (χ1) is 14.7. The monoisotopic (exact) mass is 418 g/mol. The number of nitrogens with zero attached hydrogens (tertiary/aromatic N) is 3. The maximum absolute atomic E-state index is 10.3. The van der Waals surface area contributed by atoms with Gasteiger partial charge in [-0.15, -0.1) is 0 Å². The second-order valence-electron chi connectivity index (χ2n) is 7.56. The third kappa shape index (κ3) is 6.98. The number of methoxy groups -OCH3 is 1. The number of ether oxygens (including phenoxy) is 3. The molecule has 1 aromatic carbocycles. The van der Waals surface area contributed by atoms with E-state index < -0.39 is 6.10 Å². The zero-order chi connectivity index (χ0) is 21.2. The lowest BCUT2D eigenvalue weighted by Gasteiger charge is -2.28. The minimum atomic E-state index is -0.548. The fourth-order valence-corrected chi connectivity index (χ4v) is 3.51. The molecule has 166 valence electrons. The zero-order valence-corrected chi connectivity index (χ0v) is 18.0. The van der Waals surface area contributed by atoms with Crippen LogP contribution in [0.2, 0.25) is 0 Å². The molecule has 1 aliphatic heterocycles. The fraction of sp³-hybridized carbons (Fsp3) is 0.591. The average Bonchev–Trinajstić information content (AvgIpc) is 3.17. The molecule has 2 heterocycles. The van der Waals surface area contributed by atoms with E-state index in [1.54, 1.807) is 7.11 Å². The summed E-state index contributed by atoms with van der Waals surface area (Å²) < 4.78 is 18.8. The number of morpholine rings is 1. The van der Waals surface area contributed by atoms with Crippen LogP contribution >= 0.6 is 0 Å². The molecule has 1 saturated heterocycles. The summed E-state index contributed by atoms with van der Waals surface area (Å²) >= 11 is 0. The Morgan fingerprint density at radius 3 is 2.83 bits per heavy atom. The van der Waals surface area contributed by atoms with E-state index in [0.29, 0.717) is 18.0 Å². The summed E-state index contributed by atoms with van der Waals surface area (Å²) in [6.45, 7) is 8.64. The highest BCUT2D eigenvalue weighted by atomic mass is 16.5. The van der Waals surface area contributed by atoms with Crippen molar-refractivity contribution in [3.63, 3.8) is 0 Å². The number of hydrogen-bond donors (Lipinski definition) is 2. The smallest absolute Gasteiger partial charge is 0.161 e. The van der Waals surface area contributed by atoms with Gasteiger partial charge in [-0.3, -0.25) is 4.90 Å². The van der Waals surface area contributed by atoms with Gasteiger partial charge < -0.3 is 29.2 Å². The molecule has 8 heteroatoms. The Balaban J connectivity index is 1.39. The summed E-state index contributed by atoms with van der Waals surface area (Å²) in [6, 6.07) is 5.92. The van der Waals surface area contributed by atoms with Gasteiger partial charge in [0, 0.05) is 45.1 Å². The van der Waals surface area contributed by atoms with E-state index in [2.05, 4.69) is 19.8 Å². The molecule has 1 atom stereocenters. The quantitative estimate of drug-likeness (QED) is 0.505. The van der Waals surface area contributed by atoms with Crippen molar-refractivity contribution >= 4 is 0 Å². The molecule has 1 aromatic heterocycles. The molecule has 0 radical (unpaired) electrons. The first kappa shape index (κ1) is 22.6. The Labute approximate surface area is 178 Å². The van der Waals surface area contributed by atoms with Crippen LogP contribution in [0, 0.1) is 6.92 Å². The number of aliphatic hydroxyl groups is 1. The van der Waals surface area contributed by atoms with Gasteiger partial charge in [-0.1, -0.05) is 6.07 Å². The lowest BCUT2D eigenvalue weighted by molar-refractivity contribution is 0.00445. The van der Waals surface area contributed by atoms with Crippen LogP contribution in [-0.4, -0.2) is 78.8 Å². The normalized spacial score (nSPS) is 15.8. The predicted molar refractivity (Wildman–Crippen MR) is 115 cm³/mol. The zero-order valence-electron chi connectivity index (χ0n) is 18.0. The highest BCUT2D eigenvalue weighted by Gasteiger charge is 2.16. The number of β-amino-alcohol motifs (C(OH)–C–C–N with tert-alkyl or cyclic N) is 1. The van der Waals surface area contributed by atoms with Crippen LogP contribution in [0.1, 0.15) is 17.8 Å². The van der Waals surface area contributed by atoms with Crippen molar-refractivity contribution in [3.05, 3.63) is 42.0 Å². The molecule has 1 aliphatic rings. The van der Waals surface area contributed by atoms with Crippen molar-refractivity contribution in [3.8, 4) is 11.5 Å². The van der Waals surface area contributed by atoms with Crippen LogP contribution in [0.5, 0.6) is 11.5 Å². The molecular weight excluding hydrogens is 384 g/mol. The largest absolute Gasteiger partial charge is 0.493 e. The molecule has 30 heavy (non-hydrogen) atoms. The van der Waals surface area contributed by atoms with Gasteiger partial charge in [0.15, 0.2) is 11.5 Å². The van der Waals surface area contributed by atoms with E-state index in [0.717, 1.165) is 63.7 Å². The summed E-state index contributed by atoms with van der Waals surface area (Å²) in [7, 11) is 1.64. The number of aliphatic hydroxyl groups excluding tert-OH is 1. The number of imidazole rings is 1. The summed E-state index contributed by atoms with van der Waals surface area (Å²) in [5.74, 6) is 2.38. The highest BCUT2D eigenvalue weighted by Crippen LogP contribution is 2.28. The number of hydrogen-bond acceptors (Lipinski definition) is 7. The van der Waals surface area contributed by atoms with E-state index in [-0.39, 0.29) is 6.61 Å². The Morgan fingerprint density at radius 2 is 2.10 bits per heavy atom. The molecule has 8 nitrogen and oxygen atoms in total. The van der Waals surface area contributed by atoms with Crippen LogP contribution in [-0.2, 0) is 17.8 Å². The molecule has 3 rings (SSSR count). The Hall–Kier alpha value is -2.13. The van der Waals surface area contributed by atoms with Crippen LogP contribution < -0.4 is 14.8 Å². The van der Waals surface area contributed by atoms with Gasteiger partial charge in [-0.25, -0.2) is 4.98 Å². The van der Waals surface area contributed by atoms with E-state index >= 15 is 0 Å². The minimum absolute atomic E-state index is 0.235. The minimum Gasteiger partial charge on any atom is -0.493 e. The fourth-order valence-electron chi connectivity index (χ4n) is 3.51. The topological polar surface area (TPSA) is 81.0 Å². The van der Waals surface area contributed by atoms with Crippen molar-refractivity contribution in [1.29, 1.82) is 0 Å². The predicted octanol–water partition coefficient (Wildman–Crippen LogP) is 1.45. The van der Waals surface area contributed by atoms with Gasteiger partial charge in [0.05, 0.1) is 20.3 Å². The molecule has 2 N–H and O–H groups in total. The number of aromatic nitrogens is 2. The first-order valence-corrected chi connectivity index (χ1v) is 10.6. The third-order valence-corrected chi connectivity index (χ3v) is 5.24. The van der Waals surface area contributed by atoms with Gasteiger partial charge >= 0.3 is 0 Å². The molecule has 2 aromatic rings. The van der Waals surface area contributed by atoms with Crippen molar-refractivity contribution in [1.82, 2.24) is 19.8 Å². The van der Waals surface area contributed by atoms with Crippen molar-refractivity contribution in [2.75, 3.05) is 53.1 Å². The van der Waals surface area contributed by atoms with Gasteiger partial charge in [0.1, 0.15) is 18.5 Å². The van der Waals surface area contributed by atoms with Crippen molar-refractivity contribution in [2.24, 2.45) is 0 Å². The number of rotatable bonds is 12. The molecule has 0 unspecified atom stereocenters. The molecule has 0 saturated carbocycles. The molecule has 0 bridgehead atoms. The number of nitrogens with one attached hydrogen (secondary N) is 1. The average molecular weight is 419 g/mol. The second kappa shape index (κ2) is 11.9. The van der Waals surface area contributed by atoms with Crippen molar-refractivity contribution in [2.45, 2.75) is 32.5 Å². The Kier molecular flexibility index (Phi) is 8.95. The maximum Gasteiger partial charge on any atom is 0.161 e. The SMILES string of the molecule is COc1cc(CNCCCn2ccnc2C)ccc1OC[C@H](O)CN1CCOCC1. The van der Waals surface area contributed by atoms with E-state index in [1.165, 1.54) is 0 Å². The molecule has 0 aliphatic carbocycles. The number of aryl methyl sites for hydroxylation is 2. The number of benzene rings is 1. The van der Waals surface area contributed by atoms with Crippen molar-refractivity contribution < 1.29 is 19.3 Å². The second-order valence-corrected chi connectivity index (χ2v) is 7.56. The Bertz CT molecular complexity index is 761. The van der Waals surface area contributed by atoms with E-state index in [1.807, 2.05) is 37.5 Å². The summed E-state index contributed by atoms with van der Waals surface area (Å²) in [6.07, 6.45) is 4.33. The summed E-state index contributed by atoms with van der Waals surface area (Å²) in [5.41, 5.74) is 1.13. The molecular formula is C22H34N4O4. The van der Waals surface area contributed by atoms with Crippen LogP contribution in [0.4, 0.5) is 0 Å². The van der Waals surface area contributed by atoms with Gasteiger partial charge in [0.25, 0.3) is 0 Å². The third-order valence-electron chi connectivity index (χ3n) is 5.24. The lowest BCUT2D eigenvalue weighted by Crippen LogP contribution is -2.42. The van der Waals surface area contributed by atoms with Gasteiger partial charge in [-0.05, 0) is 37.6 Å². The van der Waals surface area contributed by atoms with Gasteiger partial charge in [0.2, 0.25) is 0 Å². The molecule has 1 fully saturated rings. The molecule has 0 spiro atoms. The van der Waals surface area contributed by atoms with Gasteiger partial charge in [-0.2, -0.15) is 0 Å². The summed E-state index contributed by atoms with van der Waals surface area (Å²) in [4.78, 5) is 6.43. The maximum atomic E-state index is 10.3. The van der Waals surface area contributed by atoms with E-state index in [4.69, 9.17) is 14.2 Å².